The molecule has 2 nitrogen and oxygen atoms in total. The Hall–Kier alpha value is -0.530. The monoisotopic (exact) mass is 237 g/mol. The van der Waals surface area contributed by atoms with Crippen molar-refractivity contribution in [2.24, 2.45) is 11.8 Å². The lowest BCUT2D eigenvalue weighted by Crippen LogP contribution is -2.46. The first-order valence-corrected chi connectivity index (χ1v) is 7.43. The zero-order chi connectivity index (χ0) is 12.4. The topological polar surface area (TPSA) is 20.3 Å². The van der Waals surface area contributed by atoms with Crippen molar-refractivity contribution in [3.63, 3.8) is 0 Å². The van der Waals surface area contributed by atoms with E-state index in [2.05, 4.69) is 25.7 Å². The maximum absolute atomic E-state index is 12.7. The van der Waals surface area contributed by atoms with Crippen LogP contribution in [0.3, 0.4) is 0 Å². The van der Waals surface area contributed by atoms with Crippen LogP contribution in [-0.2, 0) is 4.79 Å². The molecule has 2 heteroatoms. The minimum Gasteiger partial charge on any atom is -0.337 e. The van der Waals surface area contributed by atoms with Crippen LogP contribution in [-0.4, -0.2) is 22.9 Å². The van der Waals surface area contributed by atoms with Gasteiger partial charge >= 0.3 is 0 Å². The van der Waals surface area contributed by atoms with Crippen LogP contribution in [0, 0.1) is 11.8 Å². The first kappa shape index (κ1) is 12.9. The number of rotatable bonds is 4. The van der Waals surface area contributed by atoms with Gasteiger partial charge in [-0.25, -0.2) is 0 Å². The van der Waals surface area contributed by atoms with Gasteiger partial charge in [0.25, 0.3) is 0 Å². The van der Waals surface area contributed by atoms with Crippen molar-refractivity contribution in [1.29, 1.82) is 0 Å². The van der Waals surface area contributed by atoms with Gasteiger partial charge in [0, 0.05) is 18.0 Å². The standard InChI is InChI=1S/C15H27NO/c1-11(2)12(3)16(14-9-10-14)15(17)13-7-5-4-6-8-13/h11-14H,4-10H2,1-3H3. The zero-order valence-corrected chi connectivity index (χ0v) is 11.6. The fraction of sp³-hybridized carbons (Fsp3) is 0.933. The summed E-state index contributed by atoms with van der Waals surface area (Å²) in [7, 11) is 0. The van der Waals surface area contributed by atoms with Crippen molar-refractivity contribution in [2.75, 3.05) is 0 Å². The SMILES string of the molecule is CC(C)C(C)N(C(=O)C1CCCCC1)C1CC1. The molecule has 0 bridgehead atoms. The third-order valence-corrected chi connectivity index (χ3v) is 4.55. The molecule has 2 aliphatic rings. The Bertz CT molecular complexity index is 264. The van der Waals surface area contributed by atoms with Gasteiger partial charge in [0.15, 0.2) is 0 Å². The summed E-state index contributed by atoms with van der Waals surface area (Å²) >= 11 is 0. The maximum atomic E-state index is 12.7. The molecule has 2 saturated carbocycles. The van der Waals surface area contributed by atoms with Gasteiger partial charge in [0.2, 0.25) is 5.91 Å². The van der Waals surface area contributed by atoms with E-state index < -0.39 is 0 Å². The number of hydrogen-bond acceptors (Lipinski definition) is 1. The third kappa shape index (κ3) is 3.02. The van der Waals surface area contributed by atoms with Crippen LogP contribution in [0.2, 0.25) is 0 Å². The van der Waals surface area contributed by atoms with E-state index in [9.17, 15) is 4.79 Å². The van der Waals surface area contributed by atoms with Crippen LogP contribution < -0.4 is 0 Å². The van der Waals surface area contributed by atoms with Crippen molar-refractivity contribution < 1.29 is 4.79 Å². The van der Waals surface area contributed by atoms with Crippen LogP contribution in [0.25, 0.3) is 0 Å². The van der Waals surface area contributed by atoms with Crippen molar-refractivity contribution in [2.45, 2.75) is 77.8 Å². The highest BCUT2D eigenvalue weighted by atomic mass is 16.2. The van der Waals surface area contributed by atoms with Crippen molar-refractivity contribution in [3.05, 3.63) is 0 Å². The molecule has 98 valence electrons. The number of carbonyl (C=O) groups is 1. The molecule has 0 radical (unpaired) electrons. The van der Waals surface area contributed by atoms with Gasteiger partial charge in [-0.05, 0) is 38.5 Å². The van der Waals surface area contributed by atoms with Crippen LogP contribution in [0.4, 0.5) is 0 Å². The molecule has 2 rings (SSSR count). The molecule has 2 fully saturated rings. The molecule has 1 atom stereocenters. The molecule has 0 heterocycles. The second-order valence-electron chi connectivity index (χ2n) is 6.30. The Labute approximate surface area is 106 Å². The minimum atomic E-state index is 0.338. The summed E-state index contributed by atoms with van der Waals surface area (Å²) in [5.41, 5.74) is 0. The molecule has 0 aromatic rings. The van der Waals surface area contributed by atoms with Gasteiger partial charge in [0.1, 0.15) is 0 Å². The van der Waals surface area contributed by atoms with E-state index in [1.807, 2.05) is 0 Å². The van der Waals surface area contributed by atoms with E-state index in [1.54, 1.807) is 0 Å². The highest BCUT2D eigenvalue weighted by Gasteiger charge is 2.39. The summed E-state index contributed by atoms with van der Waals surface area (Å²) in [6.07, 6.45) is 8.56. The van der Waals surface area contributed by atoms with Gasteiger partial charge in [-0.2, -0.15) is 0 Å². The molecule has 0 spiro atoms. The minimum absolute atomic E-state index is 0.338. The van der Waals surface area contributed by atoms with E-state index in [0.29, 0.717) is 29.8 Å². The van der Waals surface area contributed by atoms with Crippen LogP contribution in [0.1, 0.15) is 65.7 Å². The molecule has 0 aromatic carbocycles. The molecular formula is C15H27NO. The van der Waals surface area contributed by atoms with Crippen LogP contribution in [0.5, 0.6) is 0 Å². The highest BCUT2D eigenvalue weighted by molar-refractivity contribution is 5.80. The third-order valence-electron chi connectivity index (χ3n) is 4.55. The Morgan fingerprint density at radius 1 is 1.00 bits per heavy atom. The lowest BCUT2D eigenvalue weighted by molar-refractivity contribution is -0.140. The number of carbonyl (C=O) groups excluding carboxylic acids is 1. The Morgan fingerprint density at radius 3 is 2.06 bits per heavy atom. The molecule has 0 N–H and O–H groups in total. The molecule has 1 amide bonds. The average Bonchev–Trinajstić information content (AvgIpc) is 3.14. The van der Waals surface area contributed by atoms with E-state index in [4.69, 9.17) is 0 Å². The van der Waals surface area contributed by atoms with Crippen molar-refractivity contribution in [3.8, 4) is 0 Å². The summed E-state index contributed by atoms with van der Waals surface area (Å²) in [6.45, 7) is 6.69. The molecule has 0 saturated heterocycles. The lowest BCUT2D eigenvalue weighted by atomic mass is 9.87. The Balaban J connectivity index is 2.01. The van der Waals surface area contributed by atoms with Gasteiger partial charge in [0.05, 0.1) is 0 Å². The fourth-order valence-electron chi connectivity index (χ4n) is 2.95. The van der Waals surface area contributed by atoms with E-state index in [-0.39, 0.29) is 0 Å². The normalized spacial score (nSPS) is 23.8. The van der Waals surface area contributed by atoms with Crippen LogP contribution in [0.15, 0.2) is 0 Å². The van der Waals surface area contributed by atoms with Crippen molar-refractivity contribution in [1.82, 2.24) is 4.90 Å². The first-order chi connectivity index (χ1) is 8.11. The molecular weight excluding hydrogens is 210 g/mol. The number of amides is 1. The quantitative estimate of drug-likeness (QED) is 0.731. The summed E-state index contributed by atoms with van der Waals surface area (Å²) in [4.78, 5) is 14.9. The Kier molecular flexibility index (Phi) is 4.11. The summed E-state index contributed by atoms with van der Waals surface area (Å²) in [5.74, 6) is 1.38. The highest BCUT2D eigenvalue weighted by Crippen LogP contribution is 2.34. The number of hydrogen-bond donors (Lipinski definition) is 0. The largest absolute Gasteiger partial charge is 0.337 e. The summed E-state index contributed by atoms with van der Waals surface area (Å²) in [6, 6.07) is 0.985. The predicted molar refractivity (Wildman–Crippen MR) is 70.7 cm³/mol. The molecule has 0 aromatic heterocycles. The molecule has 17 heavy (non-hydrogen) atoms. The average molecular weight is 237 g/mol. The van der Waals surface area contributed by atoms with E-state index >= 15 is 0 Å². The maximum Gasteiger partial charge on any atom is 0.226 e. The van der Waals surface area contributed by atoms with E-state index in [0.717, 1.165) is 12.8 Å². The molecule has 1 unspecified atom stereocenters. The summed E-state index contributed by atoms with van der Waals surface area (Å²) in [5, 5.41) is 0. The smallest absolute Gasteiger partial charge is 0.226 e. The first-order valence-electron chi connectivity index (χ1n) is 7.43. The van der Waals surface area contributed by atoms with E-state index in [1.165, 1.54) is 32.1 Å². The zero-order valence-electron chi connectivity index (χ0n) is 11.6. The van der Waals surface area contributed by atoms with Gasteiger partial charge in [-0.3, -0.25) is 4.79 Å². The lowest BCUT2D eigenvalue weighted by Gasteiger charge is -2.36. The molecule has 0 aliphatic heterocycles. The van der Waals surface area contributed by atoms with Crippen molar-refractivity contribution >= 4 is 5.91 Å². The fourth-order valence-corrected chi connectivity index (χ4v) is 2.95. The second kappa shape index (κ2) is 5.41. The number of nitrogens with zero attached hydrogens (tertiary/aromatic N) is 1. The van der Waals surface area contributed by atoms with Gasteiger partial charge in [-0.1, -0.05) is 33.1 Å². The van der Waals surface area contributed by atoms with Gasteiger partial charge < -0.3 is 4.90 Å². The Morgan fingerprint density at radius 2 is 1.59 bits per heavy atom. The van der Waals surface area contributed by atoms with Crippen LogP contribution >= 0.6 is 0 Å². The summed E-state index contributed by atoms with van der Waals surface area (Å²) < 4.78 is 0. The molecule has 2 aliphatic carbocycles. The second-order valence-corrected chi connectivity index (χ2v) is 6.30. The predicted octanol–water partition coefficient (Wildman–Crippen LogP) is 3.60. The van der Waals surface area contributed by atoms with Gasteiger partial charge in [-0.15, -0.1) is 0 Å².